The van der Waals surface area contributed by atoms with Gasteiger partial charge in [0, 0.05) is 12.0 Å². The summed E-state index contributed by atoms with van der Waals surface area (Å²) in [6.07, 6.45) is 16.2. The summed E-state index contributed by atoms with van der Waals surface area (Å²) in [6, 6.07) is 18.2. The molecular formula is C34H54NO3+. The van der Waals surface area contributed by atoms with E-state index in [-0.39, 0.29) is 12.0 Å². The Morgan fingerprint density at radius 3 is 1.84 bits per heavy atom. The van der Waals surface area contributed by atoms with Crippen molar-refractivity contribution < 1.29 is 18.8 Å². The fourth-order valence-corrected chi connectivity index (χ4v) is 4.77. The van der Waals surface area contributed by atoms with Crippen LogP contribution in [0.3, 0.4) is 0 Å². The number of ether oxygens (including phenoxy) is 2. The van der Waals surface area contributed by atoms with E-state index >= 15 is 0 Å². The molecule has 0 heterocycles. The maximum absolute atomic E-state index is 13.0. The average Bonchev–Trinajstić information content (AvgIpc) is 2.92. The van der Waals surface area contributed by atoms with Gasteiger partial charge in [-0.05, 0) is 37.5 Å². The number of rotatable bonds is 20. The third-order valence-corrected chi connectivity index (χ3v) is 7.66. The third kappa shape index (κ3) is 12.5. The zero-order chi connectivity index (χ0) is 27.6. The lowest BCUT2D eigenvalue weighted by Crippen LogP contribution is -2.52. The van der Waals surface area contributed by atoms with E-state index in [0.29, 0.717) is 10.9 Å². The van der Waals surface area contributed by atoms with Gasteiger partial charge in [0.05, 0.1) is 14.1 Å². The molecule has 0 bridgehead atoms. The van der Waals surface area contributed by atoms with Gasteiger partial charge in [0.1, 0.15) is 12.3 Å². The predicted molar refractivity (Wildman–Crippen MR) is 159 cm³/mol. The first-order chi connectivity index (χ1) is 18.4. The maximum atomic E-state index is 13.0. The molecule has 0 aliphatic heterocycles. The smallest absolute Gasteiger partial charge is 0.367 e. The molecule has 4 nitrogen and oxygen atoms in total. The van der Waals surface area contributed by atoms with Gasteiger partial charge in [-0.3, -0.25) is 0 Å². The topological polar surface area (TPSA) is 35.5 Å². The molecule has 2 rings (SSSR count). The highest BCUT2D eigenvalue weighted by Crippen LogP contribution is 2.20. The van der Waals surface area contributed by atoms with Crippen molar-refractivity contribution in [2.24, 2.45) is 0 Å². The van der Waals surface area contributed by atoms with Crippen LogP contribution in [-0.2, 0) is 22.5 Å². The number of aryl methyl sites for hydroxylation is 1. The molecule has 4 heteroatoms. The summed E-state index contributed by atoms with van der Waals surface area (Å²) in [5.41, 5.74) is 2.54. The molecule has 0 fully saturated rings. The molecule has 38 heavy (non-hydrogen) atoms. The zero-order valence-corrected chi connectivity index (χ0v) is 24.9. The van der Waals surface area contributed by atoms with E-state index in [1.165, 1.54) is 81.8 Å². The van der Waals surface area contributed by atoms with E-state index in [9.17, 15) is 4.79 Å². The summed E-state index contributed by atoms with van der Waals surface area (Å²) >= 11 is 0. The molecular weight excluding hydrogens is 470 g/mol. The van der Waals surface area contributed by atoms with Gasteiger partial charge in [-0.25, -0.2) is 4.79 Å². The molecule has 2 aromatic rings. The highest BCUT2D eigenvalue weighted by atomic mass is 16.7. The highest BCUT2D eigenvalue weighted by Gasteiger charge is 2.33. The molecule has 0 spiro atoms. The van der Waals surface area contributed by atoms with E-state index in [4.69, 9.17) is 9.47 Å². The van der Waals surface area contributed by atoms with E-state index in [0.717, 1.165) is 18.7 Å². The monoisotopic (exact) mass is 524 g/mol. The second-order valence-corrected chi connectivity index (χ2v) is 11.4. The van der Waals surface area contributed by atoms with Gasteiger partial charge in [0.15, 0.2) is 6.04 Å². The Kier molecular flexibility index (Phi) is 15.1. The number of likely N-dealkylation sites (N-methyl/N-ethyl adjacent to an activating group) is 1. The zero-order valence-electron chi connectivity index (χ0n) is 24.9. The average molecular weight is 525 g/mol. The first-order valence-corrected chi connectivity index (χ1v) is 15.2. The van der Waals surface area contributed by atoms with E-state index in [2.05, 4.69) is 45.3 Å². The van der Waals surface area contributed by atoms with Crippen molar-refractivity contribution in [3.8, 4) is 5.75 Å². The molecule has 2 unspecified atom stereocenters. The predicted octanol–water partition coefficient (Wildman–Crippen LogP) is 8.86. The molecule has 0 aromatic heterocycles. The Balaban J connectivity index is 1.68. The van der Waals surface area contributed by atoms with Crippen LogP contribution in [0, 0.1) is 0 Å². The second kappa shape index (κ2) is 18.0. The molecule has 0 N–H and O–H groups in total. The number of unbranched alkanes of at least 4 members (excludes halogenated alkanes) is 10. The number of carbonyl (C=O) groups is 1. The van der Waals surface area contributed by atoms with Crippen molar-refractivity contribution in [3.63, 3.8) is 0 Å². The Morgan fingerprint density at radius 2 is 1.29 bits per heavy atom. The van der Waals surface area contributed by atoms with Crippen LogP contribution in [0.2, 0.25) is 0 Å². The Morgan fingerprint density at radius 1 is 0.737 bits per heavy atom. The molecule has 0 radical (unpaired) electrons. The quantitative estimate of drug-likeness (QED) is 0.0751. The summed E-state index contributed by atoms with van der Waals surface area (Å²) in [4.78, 5) is 13.0. The fraction of sp³-hybridized carbons (Fsp3) is 0.618. The molecule has 0 aliphatic carbocycles. The first kappa shape index (κ1) is 31.9. The van der Waals surface area contributed by atoms with Crippen molar-refractivity contribution in [2.75, 3.05) is 14.1 Å². The van der Waals surface area contributed by atoms with Crippen molar-refractivity contribution in [1.29, 1.82) is 0 Å². The number of carbonyl (C=O) groups excluding carboxylic acids is 1. The van der Waals surface area contributed by atoms with Crippen LogP contribution in [0.15, 0.2) is 54.6 Å². The van der Waals surface area contributed by atoms with Crippen LogP contribution in [0.1, 0.15) is 109 Å². The van der Waals surface area contributed by atoms with Crippen molar-refractivity contribution in [1.82, 2.24) is 0 Å². The summed E-state index contributed by atoms with van der Waals surface area (Å²) in [7, 11) is 4.13. The summed E-state index contributed by atoms with van der Waals surface area (Å²) in [5, 5.41) is 0. The van der Waals surface area contributed by atoms with Gasteiger partial charge >= 0.3 is 5.97 Å². The minimum absolute atomic E-state index is 0.231. The lowest BCUT2D eigenvalue weighted by molar-refractivity contribution is -0.917. The van der Waals surface area contributed by atoms with Crippen LogP contribution in [-0.4, -0.2) is 36.9 Å². The molecule has 2 atom stereocenters. The molecule has 0 saturated heterocycles. The first-order valence-electron chi connectivity index (χ1n) is 15.2. The van der Waals surface area contributed by atoms with Crippen LogP contribution in [0.4, 0.5) is 0 Å². The lowest BCUT2D eigenvalue weighted by Gasteiger charge is -2.35. The molecule has 2 aromatic carbocycles. The largest absolute Gasteiger partial charge is 0.455 e. The Hall–Kier alpha value is -2.33. The third-order valence-electron chi connectivity index (χ3n) is 7.66. The number of hydrogen-bond acceptors (Lipinski definition) is 3. The lowest BCUT2D eigenvalue weighted by atomic mass is 10.0. The van der Waals surface area contributed by atoms with Gasteiger partial charge in [0.25, 0.3) is 0 Å². The number of hydrogen-bond donors (Lipinski definition) is 0. The van der Waals surface area contributed by atoms with Crippen molar-refractivity contribution >= 4 is 5.97 Å². The molecule has 0 aliphatic rings. The Labute approximate surface area is 233 Å². The normalized spacial score (nSPS) is 13.2. The fourth-order valence-electron chi connectivity index (χ4n) is 4.77. The van der Waals surface area contributed by atoms with Crippen LogP contribution in [0.5, 0.6) is 5.75 Å². The van der Waals surface area contributed by atoms with E-state index in [1.807, 2.05) is 44.2 Å². The SMILES string of the molecule is CCCCCCCCCCCCCc1ccc(OC(CC)OC(=O)C(C)[N+](C)(C)Cc2ccccc2)cc1. The minimum atomic E-state index is -0.584. The van der Waals surface area contributed by atoms with Gasteiger partial charge in [-0.15, -0.1) is 0 Å². The second-order valence-electron chi connectivity index (χ2n) is 11.4. The molecule has 0 saturated carbocycles. The van der Waals surface area contributed by atoms with Gasteiger partial charge in [-0.1, -0.05) is 121 Å². The van der Waals surface area contributed by atoms with Crippen LogP contribution < -0.4 is 4.74 Å². The van der Waals surface area contributed by atoms with Gasteiger partial charge < -0.3 is 14.0 Å². The number of quaternary nitrogens is 1. The Bertz CT molecular complexity index is 878. The van der Waals surface area contributed by atoms with E-state index in [1.54, 1.807) is 0 Å². The summed E-state index contributed by atoms with van der Waals surface area (Å²) in [6.45, 7) is 6.95. The maximum Gasteiger partial charge on any atom is 0.367 e. The van der Waals surface area contributed by atoms with Crippen molar-refractivity contribution in [3.05, 3.63) is 65.7 Å². The standard InChI is InChI=1S/C34H54NO3/c1-6-8-9-10-11-12-13-14-15-16-18-21-30-24-26-32(27-25-30)37-33(7-2)38-34(36)29(3)35(4,5)28-31-22-19-17-20-23-31/h17,19-20,22-27,29,33H,6-16,18,21,28H2,1-5H3/q+1. The number of esters is 1. The van der Waals surface area contributed by atoms with Crippen LogP contribution >= 0.6 is 0 Å². The summed E-state index contributed by atoms with van der Waals surface area (Å²) < 4.78 is 12.3. The van der Waals surface area contributed by atoms with Crippen LogP contribution in [0.25, 0.3) is 0 Å². The summed E-state index contributed by atoms with van der Waals surface area (Å²) in [5.74, 6) is 0.518. The highest BCUT2D eigenvalue weighted by molar-refractivity contribution is 5.74. The number of nitrogens with zero attached hydrogens (tertiary/aromatic N) is 1. The van der Waals surface area contributed by atoms with Gasteiger partial charge in [-0.2, -0.15) is 0 Å². The molecule has 0 amide bonds. The van der Waals surface area contributed by atoms with E-state index < -0.39 is 6.29 Å². The minimum Gasteiger partial charge on any atom is -0.455 e. The molecule has 212 valence electrons. The van der Waals surface area contributed by atoms with Crippen molar-refractivity contribution in [2.45, 2.75) is 123 Å². The van der Waals surface area contributed by atoms with Gasteiger partial charge in [0.2, 0.25) is 6.29 Å². The number of benzene rings is 2.